The van der Waals surface area contributed by atoms with Crippen LogP contribution in [-0.4, -0.2) is 56.5 Å². The lowest BCUT2D eigenvalue weighted by Gasteiger charge is -2.43. The molecule has 0 spiro atoms. The zero-order chi connectivity index (χ0) is 18.3. The molecule has 2 atom stereocenters. The first-order chi connectivity index (χ1) is 12.5. The van der Waals surface area contributed by atoms with Crippen molar-refractivity contribution in [1.29, 1.82) is 0 Å². The van der Waals surface area contributed by atoms with Gasteiger partial charge in [0, 0.05) is 11.7 Å². The van der Waals surface area contributed by atoms with E-state index in [2.05, 4.69) is 0 Å². The molecule has 2 aliphatic heterocycles. The van der Waals surface area contributed by atoms with Crippen LogP contribution in [0.1, 0.15) is 5.76 Å². The lowest BCUT2D eigenvalue weighted by atomic mass is 10.0. The van der Waals surface area contributed by atoms with Crippen LogP contribution in [-0.2, 0) is 21.2 Å². The van der Waals surface area contributed by atoms with E-state index in [4.69, 9.17) is 9.15 Å². The molecule has 0 radical (unpaired) electrons. The van der Waals surface area contributed by atoms with Crippen molar-refractivity contribution in [3.05, 3.63) is 48.4 Å². The summed E-state index contributed by atoms with van der Waals surface area (Å²) in [6.07, 6.45) is 1.58. The van der Waals surface area contributed by atoms with E-state index in [1.54, 1.807) is 48.6 Å². The Kier molecular flexibility index (Phi) is 4.24. The summed E-state index contributed by atoms with van der Waals surface area (Å²) in [4.78, 5) is 16.4. The minimum Gasteiger partial charge on any atom is -0.497 e. The third-order valence-electron chi connectivity index (χ3n) is 4.99. The summed E-state index contributed by atoms with van der Waals surface area (Å²) < 4.78 is 35.2. The average molecular weight is 376 g/mol. The number of carbonyl (C=O) groups excluding carboxylic acids is 1. The standard InChI is InChI=1S/C18H20N2O5S/c1-24-14-6-4-13(5-7-14)20-17-12-26(22,23)11-16(17)19(10-18(20)21)9-15-3-2-8-25-15/h2-8,16-17H,9-12H2,1H3/t16-,17+/m0/s1. The van der Waals surface area contributed by atoms with Gasteiger partial charge < -0.3 is 14.1 Å². The Labute approximate surface area is 152 Å². The highest BCUT2D eigenvalue weighted by molar-refractivity contribution is 7.91. The smallest absolute Gasteiger partial charge is 0.241 e. The van der Waals surface area contributed by atoms with Crippen LogP contribution in [0.4, 0.5) is 5.69 Å². The average Bonchev–Trinajstić information content (AvgIpc) is 3.22. The maximum atomic E-state index is 12.9. The van der Waals surface area contributed by atoms with Crippen molar-refractivity contribution < 1.29 is 22.4 Å². The Hall–Kier alpha value is -2.32. The largest absolute Gasteiger partial charge is 0.497 e. The topological polar surface area (TPSA) is 80.1 Å². The number of methoxy groups -OCH3 is 1. The van der Waals surface area contributed by atoms with E-state index >= 15 is 0 Å². The van der Waals surface area contributed by atoms with Crippen molar-refractivity contribution in [2.45, 2.75) is 18.6 Å². The Morgan fingerprint density at radius 3 is 2.54 bits per heavy atom. The van der Waals surface area contributed by atoms with Gasteiger partial charge in [-0.3, -0.25) is 9.69 Å². The van der Waals surface area contributed by atoms with Crippen LogP contribution in [0.5, 0.6) is 5.75 Å². The fraction of sp³-hybridized carbons (Fsp3) is 0.389. The molecule has 2 aromatic rings. The van der Waals surface area contributed by atoms with Crippen LogP contribution >= 0.6 is 0 Å². The first-order valence-electron chi connectivity index (χ1n) is 8.40. The van der Waals surface area contributed by atoms with Gasteiger partial charge in [0.1, 0.15) is 11.5 Å². The number of sulfone groups is 1. The second kappa shape index (κ2) is 6.44. The Balaban J connectivity index is 1.66. The number of furan rings is 1. The Morgan fingerprint density at radius 2 is 1.88 bits per heavy atom. The zero-order valence-corrected chi connectivity index (χ0v) is 15.2. The summed E-state index contributed by atoms with van der Waals surface area (Å²) in [7, 11) is -1.63. The molecule has 2 saturated heterocycles. The minimum absolute atomic E-state index is 0.0237. The number of hydrogen-bond acceptors (Lipinski definition) is 6. The molecule has 7 nitrogen and oxygen atoms in total. The fourth-order valence-electron chi connectivity index (χ4n) is 3.81. The van der Waals surface area contributed by atoms with Crippen molar-refractivity contribution >= 4 is 21.4 Å². The minimum atomic E-state index is -3.21. The summed E-state index contributed by atoms with van der Waals surface area (Å²) in [5.41, 5.74) is 0.695. The van der Waals surface area contributed by atoms with Gasteiger partial charge in [-0.25, -0.2) is 8.42 Å². The molecule has 0 unspecified atom stereocenters. The number of anilines is 1. The van der Waals surface area contributed by atoms with Crippen molar-refractivity contribution in [2.24, 2.45) is 0 Å². The quantitative estimate of drug-likeness (QED) is 0.800. The van der Waals surface area contributed by atoms with Crippen LogP contribution in [0.25, 0.3) is 0 Å². The van der Waals surface area contributed by atoms with Gasteiger partial charge in [0.2, 0.25) is 5.91 Å². The van der Waals surface area contributed by atoms with Gasteiger partial charge in [-0.05, 0) is 36.4 Å². The van der Waals surface area contributed by atoms with Crippen molar-refractivity contribution in [3.8, 4) is 5.75 Å². The first-order valence-corrected chi connectivity index (χ1v) is 10.2. The molecule has 3 heterocycles. The van der Waals surface area contributed by atoms with Crippen LogP contribution in [0.2, 0.25) is 0 Å². The first kappa shape index (κ1) is 17.1. The van der Waals surface area contributed by atoms with E-state index < -0.39 is 15.9 Å². The van der Waals surface area contributed by atoms with Crippen LogP contribution in [0.15, 0.2) is 47.1 Å². The van der Waals surface area contributed by atoms with Crippen molar-refractivity contribution in [2.75, 3.05) is 30.1 Å². The van der Waals surface area contributed by atoms with Gasteiger partial charge in [-0.15, -0.1) is 0 Å². The van der Waals surface area contributed by atoms with E-state index in [9.17, 15) is 13.2 Å². The van der Waals surface area contributed by atoms with E-state index in [1.165, 1.54) is 0 Å². The fourth-order valence-corrected chi connectivity index (χ4v) is 5.79. The van der Waals surface area contributed by atoms with Gasteiger partial charge in [-0.2, -0.15) is 0 Å². The highest BCUT2D eigenvalue weighted by Crippen LogP contribution is 2.33. The highest BCUT2D eigenvalue weighted by Gasteiger charge is 2.49. The summed E-state index contributed by atoms with van der Waals surface area (Å²) in [6.45, 7) is 0.579. The van der Waals surface area contributed by atoms with Gasteiger partial charge in [0.15, 0.2) is 9.84 Å². The molecule has 0 N–H and O–H groups in total. The summed E-state index contributed by atoms with van der Waals surface area (Å²) in [5, 5.41) is 0. The lowest BCUT2D eigenvalue weighted by Crippen LogP contribution is -2.61. The molecule has 0 saturated carbocycles. The number of amides is 1. The van der Waals surface area contributed by atoms with Crippen LogP contribution in [0.3, 0.4) is 0 Å². The number of nitrogens with zero attached hydrogens (tertiary/aromatic N) is 2. The SMILES string of the molecule is COc1ccc(N2C(=O)CN(Cc3ccco3)[C@H]3CS(=O)(=O)C[C@H]32)cc1. The van der Waals surface area contributed by atoms with E-state index in [0.717, 1.165) is 5.76 Å². The summed E-state index contributed by atoms with van der Waals surface area (Å²) >= 11 is 0. The second-order valence-electron chi connectivity index (χ2n) is 6.66. The number of rotatable bonds is 4. The number of fused-ring (bicyclic) bond motifs is 1. The second-order valence-corrected chi connectivity index (χ2v) is 8.81. The molecule has 8 heteroatoms. The van der Waals surface area contributed by atoms with Crippen LogP contribution in [0, 0.1) is 0 Å². The maximum absolute atomic E-state index is 12.9. The monoisotopic (exact) mass is 376 g/mol. The number of carbonyl (C=O) groups is 1. The molecular weight excluding hydrogens is 356 g/mol. The van der Waals surface area contributed by atoms with Gasteiger partial charge in [-0.1, -0.05) is 0 Å². The van der Waals surface area contributed by atoms with Gasteiger partial charge >= 0.3 is 0 Å². The zero-order valence-electron chi connectivity index (χ0n) is 14.4. The van der Waals surface area contributed by atoms with Crippen molar-refractivity contribution in [3.63, 3.8) is 0 Å². The number of ether oxygens (including phenoxy) is 1. The molecule has 1 aromatic heterocycles. The molecule has 1 aromatic carbocycles. The van der Waals surface area contributed by atoms with Gasteiger partial charge in [0.25, 0.3) is 0 Å². The highest BCUT2D eigenvalue weighted by atomic mass is 32.2. The van der Waals surface area contributed by atoms with Crippen molar-refractivity contribution in [1.82, 2.24) is 4.90 Å². The molecule has 26 heavy (non-hydrogen) atoms. The number of hydrogen-bond donors (Lipinski definition) is 0. The summed E-state index contributed by atoms with van der Waals surface area (Å²) in [5.74, 6) is 1.33. The molecule has 2 aliphatic rings. The predicted octanol–water partition coefficient (Wildman–Crippen LogP) is 1.30. The molecule has 1 amide bonds. The molecular formula is C18H20N2O5S. The third-order valence-corrected chi connectivity index (χ3v) is 6.69. The lowest BCUT2D eigenvalue weighted by molar-refractivity contribution is -0.123. The predicted molar refractivity (Wildman–Crippen MR) is 95.8 cm³/mol. The molecule has 0 bridgehead atoms. The molecule has 138 valence electrons. The van der Waals surface area contributed by atoms with E-state index in [-0.39, 0.29) is 30.0 Å². The molecule has 2 fully saturated rings. The maximum Gasteiger partial charge on any atom is 0.241 e. The molecule has 4 rings (SSSR count). The summed E-state index contributed by atoms with van der Waals surface area (Å²) in [6, 6.07) is 10.1. The van der Waals surface area contributed by atoms with E-state index in [1.807, 2.05) is 11.0 Å². The van der Waals surface area contributed by atoms with E-state index in [0.29, 0.717) is 18.0 Å². The number of piperazine rings is 1. The Bertz CT molecular complexity index is 892. The van der Waals surface area contributed by atoms with Crippen LogP contribution < -0.4 is 9.64 Å². The van der Waals surface area contributed by atoms with Gasteiger partial charge in [0.05, 0.1) is 44.0 Å². The molecule has 0 aliphatic carbocycles. The Morgan fingerprint density at radius 1 is 1.15 bits per heavy atom. The number of benzene rings is 1. The third kappa shape index (κ3) is 3.10. The normalized spacial score (nSPS) is 25.3.